The number of methoxy groups -OCH3 is 2. The molecule has 12 nitrogen and oxygen atoms in total. The summed E-state index contributed by atoms with van der Waals surface area (Å²) in [6.45, 7) is -0.0581. The summed E-state index contributed by atoms with van der Waals surface area (Å²) in [5.74, 6) is -3.86. The predicted octanol–water partition coefficient (Wildman–Crippen LogP) is 2.18. The first-order chi connectivity index (χ1) is 18.2. The number of anilines is 2. The van der Waals surface area contributed by atoms with Crippen molar-refractivity contribution in [2.24, 2.45) is 5.73 Å². The van der Waals surface area contributed by atoms with E-state index in [0.717, 1.165) is 14.2 Å². The van der Waals surface area contributed by atoms with Crippen molar-refractivity contribution in [2.75, 3.05) is 31.0 Å². The van der Waals surface area contributed by atoms with Crippen molar-refractivity contribution in [3.63, 3.8) is 0 Å². The molecule has 0 saturated heterocycles. The molecule has 5 N–H and O–H groups in total. The van der Waals surface area contributed by atoms with Crippen LogP contribution < -0.4 is 21.3 Å². The highest BCUT2D eigenvalue weighted by atomic mass is 16.5. The summed E-state index contributed by atoms with van der Waals surface area (Å²) in [4.78, 5) is 50.0. The van der Waals surface area contributed by atoms with E-state index in [2.05, 4.69) is 16.7 Å². The van der Waals surface area contributed by atoms with E-state index < -0.39 is 29.9 Å². The fourth-order valence-corrected chi connectivity index (χ4v) is 3.93. The molecule has 0 aliphatic carbocycles. The number of carboxylic acids is 1. The number of carboxylic acid groups (broad SMARTS) is 1. The van der Waals surface area contributed by atoms with Gasteiger partial charge in [-0.15, -0.1) is 0 Å². The fourth-order valence-electron chi connectivity index (χ4n) is 3.93. The van der Waals surface area contributed by atoms with E-state index in [4.69, 9.17) is 20.3 Å². The number of allylic oxidation sites excluding steroid dienone is 1. The molecule has 1 unspecified atom stereocenters. The normalized spacial score (nSPS) is 14.9. The number of esters is 2. The number of amides is 2. The van der Waals surface area contributed by atoms with E-state index in [1.165, 1.54) is 29.2 Å². The molecule has 1 atom stereocenters. The van der Waals surface area contributed by atoms with Crippen LogP contribution in [0, 0.1) is 11.3 Å². The number of urea groups is 1. The van der Waals surface area contributed by atoms with E-state index in [1.807, 2.05) is 0 Å². The number of hydrogen-bond acceptors (Lipinski definition) is 9. The summed E-state index contributed by atoms with van der Waals surface area (Å²) in [6, 6.07) is 16.1. The van der Waals surface area contributed by atoms with Gasteiger partial charge in [0.2, 0.25) is 0 Å². The largest absolute Gasteiger partial charge is 0.481 e. The molecular weight excluding hydrogens is 494 g/mol. The maximum atomic E-state index is 13.1. The lowest BCUT2D eigenvalue weighted by Gasteiger charge is -2.35. The lowest BCUT2D eigenvalue weighted by atomic mass is 9.81. The molecule has 0 saturated carbocycles. The van der Waals surface area contributed by atoms with Crippen LogP contribution in [0.3, 0.4) is 0 Å². The standard InChI is InChI=1S/C26H25N5O7/c1-37-24(34)21-20(15-6-4-3-5-7-15)18(14-27)23(28)31(22(21)25(35)38-2)17-10-8-16(9-11-17)30-26(36)29-13-12-19(32)33/h3-11,20H,12-13,28H2,1-2H3,(H,32,33)(H2,29,30,36). The minimum atomic E-state index is -1.05. The Balaban J connectivity index is 2.08. The van der Waals surface area contributed by atoms with Crippen LogP contribution in [0.15, 0.2) is 77.3 Å². The van der Waals surface area contributed by atoms with E-state index in [9.17, 15) is 24.4 Å². The zero-order chi connectivity index (χ0) is 27.8. The SMILES string of the molecule is COC(=O)C1=C(C(=O)OC)N(c2ccc(NC(=O)NCCC(=O)O)cc2)C(N)=C(C#N)C1c1ccccc1. The van der Waals surface area contributed by atoms with Crippen molar-refractivity contribution in [3.8, 4) is 6.07 Å². The predicted molar refractivity (Wildman–Crippen MR) is 135 cm³/mol. The van der Waals surface area contributed by atoms with Gasteiger partial charge < -0.3 is 30.9 Å². The van der Waals surface area contributed by atoms with Crippen LogP contribution in [0.1, 0.15) is 17.9 Å². The Morgan fingerprint density at radius 1 is 1.03 bits per heavy atom. The Labute approximate surface area is 217 Å². The van der Waals surface area contributed by atoms with Gasteiger partial charge in [-0.1, -0.05) is 30.3 Å². The molecule has 2 aromatic carbocycles. The lowest BCUT2D eigenvalue weighted by Crippen LogP contribution is -2.40. The minimum absolute atomic E-state index is 0.0178. The molecule has 1 heterocycles. The number of rotatable bonds is 8. The average Bonchev–Trinajstić information content (AvgIpc) is 2.92. The van der Waals surface area contributed by atoms with Crippen LogP contribution in [0.5, 0.6) is 0 Å². The Bertz CT molecular complexity index is 1340. The van der Waals surface area contributed by atoms with Gasteiger partial charge in [-0.3, -0.25) is 9.69 Å². The highest BCUT2D eigenvalue weighted by molar-refractivity contribution is 6.06. The monoisotopic (exact) mass is 519 g/mol. The van der Waals surface area contributed by atoms with Crippen LogP contribution in [0.25, 0.3) is 0 Å². The smallest absolute Gasteiger partial charge is 0.355 e. The van der Waals surface area contributed by atoms with Crippen molar-refractivity contribution >= 4 is 35.3 Å². The molecule has 38 heavy (non-hydrogen) atoms. The first-order valence-corrected chi connectivity index (χ1v) is 11.3. The van der Waals surface area contributed by atoms with Gasteiger partial charge in [-0.25, -0.2) is 14.4 Å². The third kappa shape index (κ3) is 5.73. The van der Waals surface area contributed by atoms with E-state index >= 15 is 0 Å². The molecule has 1 aliphatic heterocycles. The second-order valence-corrected chi connectivity index (χ2v) is 7.91. The van der Waals surface area contributed by atoms with Crippen LogP contribution in [0.4, 0.5) is 16.2 Å². The number of nitrogens with one attached hydrogen (secondary N) is 2. The molecule has 0 aromatic heterocycles. The number of carbonyl (C=O) groups is 4. The number of benzene rings is 2. The molecule has 0 radical (unpaired) electrons. The summed E-state index contributed by atoms with van der Waals surface area (Å²) in [5, 5.41) is 23.7. The van der Waals surface area contributed by atoms with Gasteiger partial charge in [0.1, 0.15) is 11.5 Å². The average molecular weight is 520 g/mol. The molecular formula is C26H25N5O7. The summed E-state index contributed by atoms with van der Waals surface area (Å²) in [7, 11) is 2.31. The van der Waals surface area contributed by atoms with Crippen LogP contribution in [-0.4, -0.2) is 49.8 Å². The molecule has 0 fully saturated rings. The number of aliphatic carboxylic acids is 1. The first kappa shape index (κ1) is 27.3. The fraction of sp³-hybridized carbons (Fsp3) is 0.192. The summed E-state index contributed by atoms with van der Waals surface area (Å²) >= 11 is 0. The van der Waals surface area contributed by atoms with E-state index in [1.54, 1.807) is 30.3 Å². The van der Waals surface area contributed by atoms with Gasteiger partial charge in [0.15, 0.2) is 0 Å². The second-order valence-electron chi connectivity index (χ2n) is 7.91. The highest BCUT2D eigenvalue weighted by Crippen LogP contribution is 2.43. The third-order valence-corrected chi connectivity index (χ3v) is 5.62. The van der Waals surface area contributed by atoms with Crippen molar-refractivity contribution in [3.05, 3.63) is 82.8 Å². The highest BCUT2D eigenvalue weighted by Gasteiger charge is 2.42. The molecule has 196 valence electrons. The number of nitriles is 1. The Morgan fingerprint density at radius 2 is 1.66 bits per heavy atom. The van der Waals surface area contributed by atoms with Gasteiger partial charge in [-0.05, 0) is 29.8 Å². The Hall–Kier alpha value is -5.31. The maximum absolute atomic E-state index is 13.1. The van der Waals surface area contributed by atoms with Gasteiger partial charge >= 0.3 is 23.9 Å². The summed E-state index contributed by atoms with van der Waals surface area (Å²) in [6.07, 6.45) is -0.233. The molecule has 3 rings (SSSR count). The van der Waals surface area contributed by atoms with Gasteiger partial charge in [0.25, 0.3) is 0 Å². The number of nitrogens with two attached hydrogens (primary N) is 1. The maximum Gasteiger partial charge on any atom is 0.355 e. The Morgan fingerprint density at radius 3 is 2.21 bits per heavy atom. The van der Waals surface area contributed by atoms with Gasteiger partial charge in [-0.2, -0.15) is 5.26 Å². The van der Waals surface area contributed by atoms with Crippen LogP contribution >= 0.6 is 0 Å². The number of nitrogens with zero attached hydrogens (tertiary/aromatic N) is 2. The zero-order valence-electron chi connectivity index (χ0n) is 20.6. The van der Waals surface area contributed by atoms with E-state index in [0.29, 0.717) is 16.9 Å². The second kappa shape index (κ2) is 12.1. The number of ether oxygens (including phenoxy) is 2. The molecule has 2 amide bonds. The summed E-state index contributed by atoms with van der Waals surface area (Å²) in [5.41, 5.74) is 7.29. The molecule has 0 spiro atoms. The first-order valence-electron chi connectivity index (χ1n) is 11.3. The molecule has 1 aliphatic rings. The quantitative estimate of drug-likeness (QED) is 0.377. The van der Waals surface area contributed by atoms with Crippen molar-refractivity contribution in [2.45, 2.75) is 12.3 Å². The van der Waals surface area contributed by atoms with E-state index in [-0.39, 0.29) is 35.6 Å². The Kier molecular flexibility index (Phi) is 8.68. The van der Waals surface area contributed by atoms with Crippen LogP contribution in [-0.2, 0) is 23.9 Å². The van der Waals surface area contributed by atoms with Gasteiger partial charge in [0.05, 0.1) is 43.8 Å². The number of hydrogen-bond donors (Lipinski definition) is 4. The van der Waals surface area contributed by atoms with Crippen molar-refractivity contribution in [1.29, 1.82) is 5.26 Å². The lowest BCUT2D eigenvalue weighted by molar-refractivity contribution is -0.139. The van der Waals surface area contributed by atoms with Crippen molar-refractivity contribution < 1.29 is 33.8 Å². The van der Waals surface area contributed by atoms with Gasteiger partial charge in [0, 0.05) is 17.9 Å². The third-order valence-electron chi connectivity index (χ3n) is 5.62. The number of carbonyl (C=O) groups excluding carboxylic acids is 3. The zero-order valence-corrected chi connectivity index (χ0v) is 20.6. The molecule has 0 bridgehead atoms. The summed E-state index contributed by atoms with van der Waals surface area (Å²) < 4.78 is 9.98. The minimum Gasteiger partial charge on any atom is -0.481 e. The van der Waals surface area contributed by atoms with Crippen molar-refractivity contribution in [1.82, 2.24) is 5.32 Å². The molecule has 2 aromatic rings. The van der Waals surface area contributed by atoms with Crippen LogP contribution in [0.2, 0.25) is 0 Å². The molecule has 12 heteroatoms. The topological polar surface area (TPSA) is 184 Å².